The van der Waals surface area contributed by atoms with Crippen LogP contribution in [-0.4, -0.2) is 22.0 Å². The predicted octanol–water partition coefficient (Wildman–Crippen LogP) is 8.05. The van der Waals surface area contributed by atoms with Gasteiger partial charge in [-0.1, -0.05) is 58.6 Å². The fourth-order valence-electron chi connectivity index (χ4n) is 9.16. The van der Waals surface area contributed by atoms with Gasteiger partial charge in [0.2, 0.25) is 0 Å². The van der Waals surface area contributed by atoms with Crippen molar-refractivity contribution in [3.05, 3.63) is 29.9 Å². The van der Waals surface area contributed by atoms with E-state index in [1.807, 2.05) is 0 Å². The highest BCUT2D eigenvalue weighted by molar-refractivity contribution is 5.69. The Labute approximate surface area is 219 Å². The Hall–Kier alpha value is -1.58. The van der Waals surface area contributed by atoms with Gasteiger partial charge in [0.25, 0.3) is 0 Å². The Balaban J connectivity index is 1.18. The molecule has 0 bridgehead atoms. The van der Waals surface area contributed by atoms with Crippen LogP contribution in [-0.2, 0) is 16.0 Å². The van der Waals surface area contributed by atoms with Gasteiger partial charge in [0.1, 0.15) is 6.10 Å². The zero-order chi connectivity index (χ0) is 25.3. The topological polar surface area (TPSA) is 55.0 Å². The zero-order valence-electron chi connectivity index (χ0n) is 23.4. The van der Waals surface area contributed by atoms with Crippen molar-refractivity contribution in [1.82, 2.24) is 9.97 Å². The number of hydrogen-bond acceptors (Lipinski definition) is 3. The van der Waals surface area contributed by atoms with Crippen molar-refractivity contribution < 1.29 is 9.53 Å². The number of aryl methyl sites for hydroxylation is 1. The summed E-state index contributed by atoms with van der Waals surface area (Å²) in [6, 6.07) is 0. The molecule has 7 atom stereocenters. The first-order valence-corrected chi connectivity index (χ1v) is 15.2. The molecule has 0 spiro atoms. The molecule has 4 heteroatoms. The van der Waals surface area contributed by atoms with Gasteiger partial charge in [-0.2, -0.15) is 0 Å². The van der Waals surface area contributed by atoms with Gasteiger partial charge in [-0.05, 0) is 98.2 Å². The van der Waals surface area contributed by atoms with Crippen molar-refractivity contribution >= 4 is 5.97 Å². The lowest BCUT2D eigenvalue weighted by Gasteiger charge is -2.58. The van der Waals surface area contributed by atoms with Gasteiger partial charge in [0, 0.05) is 18.3 Å². The molecule has 0 aliphatic heterocycles. The Morgan fingerprint density at radius 3 is 2.78 bits per heavy atom. The number of aromatic amines is 1. The molecule has 1 N–H and O–H groups in total. The van der Waals surface area contributed by atoms with E-state index in [2.05, 4.69) is 43.7 Å². The maximum atomic E-state index is 12.5. The Kier molecular flexibility index (Phi) is 7.71. The number of unbranched alkanes of at least 4 members (excludes halogenated alkanes) is 1. The first-order valence-electron chi connectivity index (χ1n) is 15.2. The predicted molar refractivity (Wildman–Crippen MR) is 145 cm³/mol. The third kappa shape index (κ3) is 5.07. The van der Waals surface area contributed by atoms with E-state index in [9.17, 15) is 4.79 Å². The highest BCUT2D eigenvalue weighted by atomic mass is 16.5. The van der Waals surface area contributed by atoms with Crippen molar-refractivity contribution in [3.8, 4) is 0 Å². The quantitative estimate of drug-likeness (QED) is 0.215. The van der Waals surface area contributed by atoms with E-state index in [0.29, 0.717) is 23.7 Å². The summed E-state index contributed by atoms with van der Waals surface area (Å²) in [5, 5.41) is 0. The van der Waals surface area contributed by atoms with Crippen molar-refractivity contribution in [2.45, 2.75) is 124 Å². The van der Waals surface area contributed by atoms with Crippen LogP contribution < -0.4 is 0 Å². The van der Waals surface area contributed by atoms with Gasteiger partial charge in [-0.25, -0.2) is 4.98 Å². The molecule has 3 fully saturated rings. The number of carbonyl (C=O) groups excluding carboxylic acids is 1. The Bertz CT molecular complexity index is 921. The first-order chi connectivity index (χ1) is 17.3. The molecule has 0 radical (unpaired) electrons. The molecule has 1 aromatic rings. The van der Waals surface area contributed by atoms with Crippen molar-refractivity contribution in [1.29, 1.82) is 0 Å². The third-order valence-corrected chi connectivity index (χ3v) is 11.3. The monoisotopic (exact) mass is 494 g/mol. The summed E-state index contributed by atoms with van der Waals surface area (Å²) >= 11 is 0. The summed E-state index contributed by atoms with van der Waals surface area (Å²) in [6.07, 6.45) is 23.1. The standard InChI is InChI=1S/C32H50N2O2/c1-22(2)7-5-6-8-23-10-13-28-27-12-9-24-19-26(36-30(35)14-11-25-20-33-21-34-25)15-17-32(24,4)29(27)16-18-31(23,28)3/h9,20-23,26-29H,5-8,10-19H2,1-4H3,(H,33,34)/t23?,26?,27-,28-,29-,31+,32-/m0/s1. The molecular formula is C32H50N2O2. The van der Waals surface area contributed by atoms with Crippen molar-refractivity contribution in [2.75, 3.05) is 0 Å². The number of aromatic nitrogens is 2. The lowest BCUT2D eigenvalue weighted by Crippen LogP contribution is -2.50. The fourth-order valence-corrected chi connectivity index (χ4v) is 9.16. The van der Waals surface area contributed by atoms with Crippen LogP contribution >= 0.6 is 0 Å². The average molecular weight is 495 g/mol. The summed E-state index contributed by atoms with van der Waals surface area (Å²) in [7, 11) is 0. The van der Waals surface area contributed by atoms with Gasteiger partial charge >= 0.3 is 5.97 Å². The molecule has 0 amide bonds. The molecular weight excluding hydrogens is 444 g/mol. The summed E-state index contributed by atoms with van der Waals surface area (Å²) < 4.78 is 5.97. The van der Waals surface area contributed by atoms with Crippen LogP contribution in [0.1, 0.15) is 117 Å². The Morgan fingerprint density at radius 2 is 2.00 bits per heavy atom. The van der Waals surface area contributed by atoms with Gasteiger partial charge in [-0.15, -0.1) is 0 Å². The molecule has 4 aliphatic carbocycles. The summed E-state index contributed by atoms with van der Waals surface area (Å²) in [4.78, 5) is 19.6. The lowest BCUT2D eigenvalue weighted by molar-refractivity contribution is -0.151. The highest BCUT2D eigenvalue weighted by Crippen LogP contribution is 2.66. The number of nitrogens with one attached hydrogen (secondary N) is 1. The van der Waals surface area contributed by atoms with E-state index < -0.39 is 0 Å². The molecule has 2 unspecified atom stereocenters. The molecule has 200 valence electrons. The second kappa shape index (κ2) is 10.7. The van der Waals surface area contributed by atoms with Gasteiger partial charge in [-0.3, -0.25) is 4.79 Å². The minimum atomic E-state index is -0.0636. The van der Waals surface area contributed by atoms with E-state index in [4.69, 9.17) is 4.74 Å². The number of ether oxygens (including phenoxy) is 1. The minimum Gasteiger partial charge on any atom is -0.462 e. The lowest BCUT2D eigenvalue weighted by atomic mass is 9.47. The number of fused-ring (bicyclic) bond motifs is 5. The van der Waals surface area contributed by atoms with E-state index >= 15 is 0 Å². The molecule has 4 nitrogen and oxygen atoms in total. The van der Waals surface area contributed by atoms with Gasteiger partial charge in [0.15, 0.2) is 0 Å². The highest BCUT2D eigenvalue weighted by Gasteiger charge is 2.58. The summed E-state index contributed by atoms with van der Waals surface area (Å²) in [5.41, 5.74) is 3.49. The largest absolute Gasteiger partial charge is 0.462 e. The fraction of sp³-hybridized carbons (Fsp3) is 0.812. The number of H-pyrrole nitrogens is 1. The van der Waals surface area contributed by atoms with Crippen LogP contribution in [0, 0.1) is 40.4 Å². The summed E-state index contributed by atoms with van der Waals surface area (Å²) in [6.45, 7) is 9.96. The molecule has 1 heterocycles. The zero-order valence-corrected chi connectivity index (χ0v) is 23.4. The second-order valence-corrected chi connectivity index (χ2v) is 13.7. The van der Waals surface area contributed by atoms with E-state index in [1.165, 1.54) is 64.2 Å². The second-order valence-electron chi connectivity index (χ2n) is 13.7. The maximum absolute atomic E-state index is 12.5. The van der Waals surface area contributed by atoms with Crippen LogP contribution in [0.2, 0.25) is 0 Å². The third-order valence-electron chi connectivity index (χ3n) is 11.3. The van der Waals surface area contributed by atoms with E-state index in [0.717, 1.165) is 48.1 Å². The number of nitrogens with zero attached hydrogens (tertiary/aromatic N) is 1. The average Bonchev–Trinajstić information content (AvgIpc) is 3.48. The molecule has 0 aromatic carbocycles. The smallest absolute Gasteiger partial charge is 0.306 e. The van der Waals surface area contributed by atoms with Crippen LogP contribution in [0.25, 0.3) is 0 Å². The van der Waals surface area contributed by atoms with Crippen LogP contribution in [0.4, 0.5) is 0 Å². The number of hydrogen-bond donors (Lipinski definition) is 1. The summed E-state index contributed by atoms with van der Waals surface area (Å²) in [5.74, 6) is 4.34. The molecule has 0 saturated heterocycles. The number of imidazole rings is 1. The van der Waals surface area contributed by atoms with E-state index in [-0.39, 0.29) is 12.1 Å². The number of carbonyl (C=O) groups is 1. The molecule has 3 saturated carbocycles. The molecule has 5 rings (SSSR count). The van der Waals surface area contributed by atoms with Crippen LogP contribution in [0.3, 0.4) is 0 Å². The van der Waals surface area contributed by atoms with Crippen molar-refractivity contribution in [2.24, 2.45) is 40.4 Å². The number of esters is 1. The molecule has 36 heavy (non-hydrogen) atoms. The minimum absolute atomic E-state index is 0.0608. The van der Waals surface area contributed by atoms with Crippen LogP contribution in [0.15, 0.2) is 24.2 Å². The van der Waals surface area contributed by atoms with Crippen molar-refractivity contribution in [3.63, 3.8) is 0 Å². The van der Waals surface area contributed by atoms with Gasteiger partial charge < -0.3 is 9.72 Å². The Morgan fingerprint density at radius 1 is 1.14 bits per heavy atom. The SMILES string of the molecule is CC(C)CCCCC1CC[C@H]2[C@@H]3CC=C4CC(OC(=O)CCc5cnc[nH]5)CC[C@]4(C)[C@H]3CC[C@]12C. The van der Waals surface area contributed by atoms with E-state index in [1.54, 1.807) is 18.1 Å². The molecule has 1 aromatic heterocycles. The number of allylic oxidation sites excluding steroid dienone is 1. The maximum Gasteiger partial charge on any atom is 0.306 e. The van der Waals surface area contributed by atoms with Crippen LogP contribution in [0.5, 0.6) is 0 Å². The van der Waals surface area contributed by atoms with Gasteiger partial charge in [0.05, 0.1) is 12.7 Å². The normalized spacial score (nSPS) is 37.7. The number of rotatable bonds is 9. The first kappa shape index (κ1) is 26.0. The molecule has 4 aliphatic rings.